The molecule has 1 heterocycles. The standard InChI is InChI=1S/C17H28N4O2S/c1-4-18-17(19-10-12-24(3,22)23)20-15-9-11-21(13-15)16-7-5-14(2)6-8-16/h5-8,15H,4,9-13H2,1-3H3,(H2,18,19,20). The topological polar surface area (TPSA) is 73.8 Å². The van der Waals surface area contributed by atoms with Crippen LogP contribution in [0.2, 0.25) is 0 Å². The first-order valence-electron chi connectivity index (χ1n) is 8.41. The first-order valence-corrected chi connectivity index (χ1v) is 10.5. The predicted octanol–water partition coefficient (Wildman–Crippen LogP) is 1.17. The van der Waals surface area contributed by atoms with Gasteiger partial charge >= 0.3 is 0 Å². The zero-order chi connectivity index (χ0) is 17.6. The minimum atomic E-state index is -2.98. The number of guanidine groups is 1. The number of aliphatic imine (C=N–C) groups is 1. The Morgan fingerprint density at radius 1 is 1.33 bits per heavy atom. The van der Waals surface area contributed by atoms with Crippen LogP contribution in [0, 0.1) is 6.92 Å². The van der Waals surface area contributed by atoms with Crippen LogP contribution in [0.1, 0.15) is 18.9 Å². The minimum absolute atomic E-state index is 0.0731. The highest BCUT2D eigenvalue weighted by Gasteiger charge is 2.23. The van der Waals surface area contributed by atoms with Gasteiger partial charge in [-0.25, -0.2) is 8.42 Å². The second kappa shape index (κ2) is 8.37. The summed E-state index contributed by atoms with van der Waals surface area (Å²) in [5.74, 6) is 0.765. The van der Waals surface area contributed by atoms with Gasteiger partial charge in [0.2, 0.25) is 0 Å². The van der Waals surface area contributed by atoms with E-state index in [1.807, 2.05) is 6.92 Å². The summed E-state index contributed by atoms with van der Waals surface area (Å²) in [7, 11) is -2.98. The molecular formula is C17H28N4O2S. The molecule has 1 aromatic carbocycles. The predicted molar refractivity (Wildman–Crippen MR) is 101 cm³/mol. The molecule has 1 atom stereocenters. The molecule has 1 aromatic rings. The van der Waals surface area contributed by atoms with E-state index in [1.165, 1.54) is 17.5 Å². The van der Waals surface area contributed by atoms with Crippen LogP contribution in [-0.2, 0) is 9.84 Å². The number of nitrogens with one attached hydrogen (secondary N) is 2. The lowest BCUT2D eigenvalue weighted by Gasteiger charge is -2.20. The summed E-state index contributed by atoms with van der Waals surface area (Å²) in [5, 5.41) is 6.60. The fraction of sp³-hybridized carbons (Fsp3) is 0.588. The van der Waals surface area contributed by atoms with Gasteiger partial charge in [0.05, 0.1) is 12.3 Å². The largest absolute Gasteiger partial charge is 0.369 e. The highest BCUT2D eigenvalue weighted by Crippen LogP contribution is 2.20. The molecule has 6 nitrogen and oxygen atoms in total. The van der Waals surface area contributed by atoms with Gasteiger partial charge in [-0.15, -0.1) is 0 Å². The monoisotopic (exact) mass is 352 g/mol. The molecule has 0 spiro atoms. The molecule has 1 saturated heterocycles. The molecule has 1 fully saturated rings. The Hall–Kier alpha value is -1.76. The van der Waals surface area contributed by atoms with Crippen LogP contribution in [0.5, 0.6) is 0 Å². The zero-order valence-corrected chi connectivity index (χ0v) is 15.6. The van der Waals surface area contributed by atoms with Gasteiger partial charge in [0, 0.05) is 37.6 Å². The number of aryl methyl sites for hydroxylation is 1. The van der Waals surface area contributed by atoms with Gasteiger partial charge in [-0.05, 0) is 32.4 Å². The van der Waals surface area contributed by atoms with Crippen molar-refractivity contribution in [1.82, 2.24) is 10.6 Å². The number of benzene rings is 1. The molecule has 0 radical (unpaired) electrons. The molecule has 134 valence electrons. The van der Waals surface area contributed by atoms with E-state index in [9.17, 15) is 8.42 Å². The molecule has 0 amide bonds. The summed E-state index contributed by atoms with van der Waals surface area (Å²) >= 11 is 0. The molecule has 7 heteroatoms. The van der Waals surface area contributed by atoms with Crippen molar-refractivity contribution < 1.29 is 8.42 Å². The summed E-state index contributed by atoms with van der Waals surface area (Å²) < 4.78 is 22.4. The van der Waals surface area contributed by atoms with Crippen LogP contribution < -0.4 is 15.5 Å². The number of anilines is 1. The van der Waals surface area contributed by atoms with Crippen molar-refractivity contribution in [2.75, 3.05) is 43.1 Å². The van der Waals surface area contributed by atoms with E-state index >= 15 is 0 Å². The Balaban J connectivity index is 1.91. The summed E-state index contributed by atoms with van der Waals surface area (Å²) in [6.45, 7) is 7.04. The second-order valence-corrected chi connectivity index (χ2v) is 8.56. The first kappa shape index (κ1) is 18.6. The Bertz CT molecular complexity index is 656. The van der Waals surface area contributed by atoms with Crippen molar-refractivity contribution in [2.45, 2.75) is 26.3 Å². The third kappa shape index (κ3) is 6.03. The van der Waals surface area contributed by atoms with Crippen LogP contribution in [-0.4, -0.2) is 58.6 Å². The number of nitrogens with zero attached hydrogens (tertiary/aromatic N) is 2. The first-order chi connectivity index (χ1) is 11.4. The van der Waals surface area contributed by atoms with Crippen LogP contribution in [0.3, 0.4) is 0 Å². The average molecular weight is 353 g/mol. The lowest BCUT2D eigenvalue weighted by atomic mass is 10.2. The van der Waals surface area contributed by atoms with Gasteiger partial charge in [-0.1, -0.05) is 17.7 Å². The van der Waals surface area contributed by atoms with Crippen LogP contribution in [0.4, 0.5) is 5.69 Å². The molecule has 1 unspecified atom stereocenters. The Morgan fingerprint density at radius 2 is 2.04 bits per heavy atom. The third-order valence-corrected chi connectivity index (χ3v) is 4.93. The van der Waals surface area contributed by atoms with Crippen molar-refractivity contribution in [3.8, 4) is 0 Å². The lowest BCUT2D eigenvalue weighted by Crippen LogP contribution is -2.44. The Kier molecular flexibility index (Phi) is 6.48. The maximum absolute atomic E-state index is 11.2. The molecule has 0 bridgehead atoms. The van der Waals surface area contributed by atoms with Crippen LogP contribution in [0.15, 0.2) is 29.3 Å². The third-order valence-electron chi connectivity index (χ3n) is 4.00. The van der Waals surface area contributed by atoms with Gasteiger partial charge in [0.1, 0.15) is 9.84 Å². The Labute approximate surface area is 145 Å². The van der Waals surface area contributed by atoms with E-state index < -0.39 is 9.84 Å². The fourth-order valence-corrected chi connectivity index (χ4v) is 3.13. The molecule has 0 aliphatic carbocycles. The van der Waals surface area contributed by atoms with Crippen molar-refractivity contribution in [3.05, 3.63) is 29.8 Å². The van der Waals surface area contributed by atoms with E-state index in [0.717, 1.165) is 26.1 Å². The van der Waals surface area contributed by atoms with E-state index in [2.05, 4.69) is 51.7 Å². The molecule has 0 aromatic heterocycles. The highest BCUT2D eigenvalue weighted by atomic mass is 32.2. The number of rotatable bonds is 6. The van der Waals surface area contributed by atoms with Gasteiger partial charge < -0.3 is 15.5 Å². The van der Waals surface area contributed by atoms with Gasteiger partial charge in [0.25, 0.3) is 0 Å². The van der Waals surface area contributed by atoms with E-state index in [4.69, 9.17) is 0 Å². The molecule has 2 rings (SSSR count). The minimum Gasteiger partial charge on any atom is -0.369 e. The average Bonchev–Trinajstić information content (AvgIpc) is 2.95. The quantitative estimate of drug-likeness (QED) is 0.594. The summed E-state index contributed by atoms with van der Waals surface area (Å²) in [6, 6.07) is 8.88. The Morgan fingerprint density at radius 3 is 2.67 bits per heavy atom. The van der Waals surface area contributed by atoms with Crippen molar-refractivity contribution >= 4 is 21.5 Å². The number of hydrogen-bond acceptors (Lipinski definition) is 4. The van der Waals surface area contributed by atoms with Crippen molar-refractivity contribution in [2.24, 2.45) is 4.99 Å². The smallest absolute Gasteiger partial charge is 0.191 e. The van der Waals surface area contributed by atoms with Gasteiger partial charge in [-0.3, -0.25) is 4.99 Å². The normalized spacial score (nSPS) is 18.7. The molecule has 1 aliphatic rings. The van der Waals surface area contributed by atoms with Gasteiger partial charge in [-0.2, -0.15) is 0 Å². The summed E-state index contributed by atoms with van der Waals surface area (Å²) in [4.78, 5) is 6.73. The van der Waals surface area contributed by atoms with Crippen LogP contribution >= 0.6 is 0 Å². The summed E-state index contributed by atoms with van der Waals surface area (Å²) in [5.41, 5.74) is 2.50. The van der Waals surface area contributed by atoms with E-state index in [0.29, 0.717) is 12.0 Å². The van der Waals surface area contributed by atoms with Gasteiger partial charge in [0.15, 0.2) is 5.96 Å². The zero-order valence-electron chi connectivity index (χ0n) is 14.7. The maximum Gasteiger partial charge on any atom is 0.191 e. The molecule has 2 N–H and O–H groups in total. The maximum atomic E-state index is 11.2. The SMILES string of the molecule is CCNC(=NCCS(C)(=O)=O)NC1CCN(c2ccc(C)cc2)C1. The van der Waals surface area contributed by atoms with E-state index in [1.54, 1.807) is 0 Å². The highest BCUT2D eigenvalue weighted by molar-refractivity contribution is 7.90. The van der Waals surface area contributed by atoms with Crippen molar-refractivity contribution in [1.29, 1.82) is 0 Å². The number of hydrogen-bond donors (Lipinski definition) is 2. The van der Waals surface area contributed by atoms with E-state index in [-0.39, 0.29) is 12.3 Å². The lowest BCUT2D eigenvalue weighted by molar-refractivity contribution is 0.601. The fourth-order valence-electron chi connectivity index (χ4n) is 2.70. The van der Waals surface area contributed by atoms with Crippen molar-refractivity contribution in [3.63, 3.8) is 0 Å². The van der Waals surface area contributed by atoms with Crippen LogP contribution in [0.25, 0.3) is 0 Å². The molecule has 1 aliphatic heterocycles. The molecule has 0 saturated carbocycles. The number of sulfone groups is 1. The second-order valence-electron chi connectivity index (χ2n) is 6.30. The summed E-state index contributed by atoms with van der Waals surface area (Å²) in [6.07, 6.45) is 2.27. The molecule has 24 heavy (non-hydrogen) atoms. The molecular weight excluding hydrogens is 324 g/mol.